The van der Waals surface area contributed by atoms with Crippen LogP contribution in [0.1, 0.15) is 58.6 Å². The minimum atomic E-state index is -0.534. The first kappa shape index (κ1) is 26.6. The predicted molar refractivity (Wildman–Crippen MR) is 156 cm³/mol. The van der Waals surface area contributed by atoms with Gasteiger partial charge in [-0.15, -0.1) is 0 Å². The summed E-state index contributed by atoms with van der Waals surface area (Å²) in [5.41, 5.74) is 15.5. The highest BCUT2D eigenvalue weighted by Gasteiger charge is 2.41. The maximum absolute atomic E-state index is 13.6. The number of ketones is 1. The van der Waals surface area contributed by atoms with Crippen molar-refractivity contribution in [1.82, 2.24) is 0 Å². The van der Waals surface area contributed by atoms with Crippen LogP contribution in [0.3, 0.4) is 0 Å². The van der Waals surface area contributed by atoms with E-state index in [-0.39, 0.29) is 5.78 Å². The number of benzene rings is 3. The highest BCUT2D eigenvalue weighted by Crippen LogP contribution is 2.47. The predicted octanol–water partition coefficient (Wildman–Crippen LogP) is 7.46. The second-order valence-corrected chi connectivity index (χ2v) is 10.9. The lowest BCUT2D eigenvalue weighted by Gasteiger charge is -2.40. The van der Waals surface area contributed by atoms with E-state index in [0.29, 0.717) is 41.4 Å². The molecule has 1 heterocycles. The number of halogens is 1. The first-order valence-electron chi connectivity index (χ1n) is 13.2. The molecule has 3 aromatic carbocycles. The van der Waals surface area contributed by atoms with E-state index in [1.807, 2.05) is 68.1 Å². The second-order valence-electron chi connectivity index (χ2n) is 10.5. The summed E-state index contributed by atoms with van der Waals surface area (Å²) in [4.78, 5) is 15.4. The molecule has 0 saturated carbocycles. The Balaban J connectivity index is 1.62. The Morgan fingerprint density at radius 2 is 1.74 bits per heavy atom. The SMILES string of the molecule is Cc1ccc(OCc2cc(C3C(C#N)=C(N)N(c4ccc(C)c(Cl)c4)C4=C3C(=O)CCC4)c(C)cc2C)cc1. The van der Waals surface area contributed by atoms with Crippen molar-refractivity contribution < 1.29 is 9.53 Å². The van der Waals surface area contributed by atoms with Crippen molar-refractivity contribution in [3.8, 4) is 11.8 Å². The molecule has 6 heteroatoms. The largest absolute Gasteiger partial charge is 0.489 e. The molecule has 39 heavy (non-hydrogen) atoms. The number of hydrogen-bond acceptors (Lipinski definition) is 5. The molecule has 2 aliphatic rings. The molecule has 5 nitrogen and oxygen atoms in total. The van der Waals surface area contributed by atoms with Crippen LogP contribution in [0.4, 0.5) is 5.69 Å². The molecule has 2 N–H and O–H groups in total. The third kappa shape index (κ3) is 4.93. The minimum Gasteiger partial charge on any atom is -0.489 e. The van der Waals surface area contributed by atoms with Crippen LogP contribution in [-0.2, 0) is 11.4 Å². The van der Waals surface area contributed by atoms with E-state index < -0.39 is 5.92 Å². The van der Waals surface area contributed by atoms with Crippen LogP contribution in [0.25, 0.3) is 0 Å². The Morgan fingerprint density at radius 3 is 2.44 bits per heavy atom. The van der Waals surface area contributed by atoms with Gasteiger partial charge in [-0.1, -0.05) is 47.5 Å². The van der Waals surface area contributed by atoms with Crippen molar-refractivity contribution in [3.63, 3.8) is 0 Å². The molecule has 1 atom stereocenters. The molecular formula is C33H32ClN3O2. The third-order valence-corrected chi connectivity index (χ3v) is 8.19. The molecule has 5 rings (SSSR count). The number of carbonyl (C=O) groups is 1. The number of Topliss-reactive ketones (excluding diaryl/α,β-unsaturated/α-hetero) is 1. The first-order chi connectivity index (χ1) is 18.7. The summed E-state index contributed by atoms with van der Waals surface area (Å²) in [6, 6.07) is 20.2. The molecule has 0 amide bonds. The standard InChI is InChI=1S/C33H32ClN3O2/c1-19-8-12-25(13-9-19)39-18-23-15-26(22(4)14-21(23)3)31-27(17-35)33(36)37(24-11-10-20(2)28(34)16-24)29-6-5-7-30(38)32(29)31/h8-16,31H,5-7,18,36H2,1-4H3. The van der Waals surface area contributed by atoms with Crippen LogP contribution in [-0.4, -0.2) is 5.78 Å². The van der Waals surface area contributed by atoms with Gasteiger partial charge >= 0.3 is 0 Å². The number of allylic oxidation sites excluding steroid dienone is 3. The third-order valence-electron chi connectivity index (χ3n) is 7.78. The Hall–Kier alpha value is -4.01. The number of rotatable bonds is 5. The van der Waals surface area contributed by atoms with Crippen LogP contribution >= 0.6 is 11.6 Å². The van der Waals surface area contributed by atoms with Gasteiger partial charge in [0.1, 0.15) is 18.2 Å². The molecule has 0 aromatic heterocycles. The zero-order valence-electron chi connectivity index (χ0n) is 22.8. The fourth-order valence-corrected chi connectivity index (χ4v) is 5.77. The summed E-state index contributed by atoms with van der Waals surface area (Å²) < 4.78 is 6.11. The molecule has 0 spiro atoms. The van der Waals surface area contributed by atoms with Crippen LogP contribution in [0, 0.1) is 39.0 Å². The van der Waals surface area contributed by atoms with Crippen LogP contribution in [0.2, 0.25) is 5.02 Å². The molecule has 0 saturated heterocycles. The highest BCUT2D eigenvalue weighted by atomic mass is 35.5. The lowest BCUT2D eigenvalue weighted by molar-refractivity contribution is -0.116. The van der Waals surface area contributed by atoms with Crippen molar-refractivity contribution in [1.29, 1.82) is 5.26 Å². The maximum atomic E-state index is 13.6. The minimum absolute atomic E-state index is 0.0575. The smallest absolute Gasteiger partial charge is 0.161 e. The van der Waals surface area contributed by atoms with Gasteiger partial charge in [-0.3, -0.25) is 9.69 Å². The van der Waals surface area contributed by atoms with Gasteiger partial charge in [-0.05, 0) is 92.6 Å². The molecule has 0 bridgehead atoms. The highest BCUT2D eigenvalue weighted by molar-refractivity contribution is 6.31. The molecule has 1 aliphatic carbocycles. The second kappa shape index (κ2) is 10.6. The number of anilines is 1. The van der Waals surface area contributed by atoms with Gasteiger partial charge in [0.2, 0.25) is 0 Å². The van der Waals surface area contributed by atoms with Gasteiger partial charge < -0.3 is 10.5 Å². The Kier molecular flexibility index (Phi) is 7.25. The van der Waals surface area contributed by atoms with Crippen LogP contribution in [0.15, 0.2) is 77.3 Å². The maximum Gasteiger partial charge on any atom is 0.161 e. The summed E-state index contributed by atoms with van der Waals surface area (Å²) >= 11 is 6.47. The molecule has 1 unspecified atom stereocenters. The number of nitrogens with zero attached hydrogens (tertiary/aromatic N) is 2. The lowest BCUT2D eigenvalue weighted by Crippen LogP contribution is -2.39. The van der Waals surface area contributed by atoms with Gasteiger partial charge in [-0.25, -0.2) is 0 Å². The van der Waals surface area contributed by atoms with E-state index in [1.165, 1.54) is 5.56 Å². The molecule has 3 aromatic rings. The molecular weight excluding hydrogens is 506 g/mol. The first-order valence-corrected chi connectivity index (χ1v) is 13.6. The van der Waals surface area contributed by atoms with Gasteiger partial charge in [0.15, 0.2) is 5.78 Å². The van der Waals surface area contributed by atoms with Gasteiger partial charge in [0.25, 0.3) is 0 Å². The zero-order chi connectivity index (χ0) is 27.8. The van der Waals surface area contributed by atoms with Crippen molar-refractivity contribution in [3.05, 3.63) is 116 Å². The van der Waals surface area contributed by atoms with E-state index in [1.54, 1.807) is 0 Å². The number of nitrogens with two attached hydrogens (primary N) is 1. The normalized spacial score (nSPS) is 17.3. The topological polar surface area (TPSA) is 79.3 Å². The Bertz CT molecular complexity index is 1580. The quantitative estimate of drug-likeness (QED) is 0.365. The van der Waals surface area contributed by atoms with E-state index in [2.05, 4.69) is 25.1 Å². The average molecular weight is 538 g/mol. The Morgan fingerprint density at radius 1 is 1.00 bits per heavy atom. The molecule has 0 radical (unpaired) electrons. The number of ether oxygens (including phenoxy) is 1. The van der Waals surface area contributed by atoms with Crippen LogP contribution in [0.5, 0.6) is 5.75 Å². The molecule has 1 aliphatic heterocycles. The fourth-order valence-electron chi connectivity index (χ4n) is 5.59. The summed E-state index contributed by atoms with van der Waals surface area (Å²) in [6.07, 6.45) is 1.87. The molecule has 0 fully saturated rings. The number of nitriles is 1. The van der Waals surface area contributed by atoms with Crippen molar-refractivity contribution >= 4 is 23.1 Å². The average Bonchev–Trinajstić information content (AvgIpc) is 2.90. The van der Waals surface area contributed by atoms with E-state index in [9.17, 15) is 10.1 Å². The van der Waals surface area contributed by atoms with Crippen LogP contribution < -0.4 is 15.4 Å². The summed E-state index contributed by atoms with van der Waals surface area (Å²) in [5, 5.41) is 11.0. The van der Waals surface area contributed by atoms with Gasteiger partial charge in [-0.2, -0.15) is 5.26 Å². The molecule has 198 valence electrons. The van der Waals surface area contributed by atoms with Crippen molar-refractivity contribution in [2.75, 3.05) is 4.90 Å². The summed E-state index contributed by atoms with van der Waals surface area (Å²) in [6.45, 7) is 8.44. The summed E-state index contributed by atoms with van der Waals surface area (Å²) in [7, 11) is 0. The number of aryl methyl sites for hydroxylation is 4. The van der Waals surface area contributed by atoms with Gasteiger partial charge in [0.05, 0.1) is 17.6 Å². The van der Waals surface area contributed by atoms with Gasteiger partial charge in [0, 0.05) is 28.4 Å². The van der Waals surface area contributed by atoms with E-state index >= 15 is 0 Å². The monoisotopic (exact) mass is 537 g/mol. The lowest BCUT2D eigenvalue weighted by atomic mass is 9.74. The summed E-state index contributed by atoms with van der Waals surface area (Å²) in [5.74, 6) is 0.658. The van der Waals surface area contributed by atoms with E-state index in [4.69, 9.17) is 22.1 Å². The zero-order valence-corrected chi connectivity index (χ0v) is 23.5. The van der Waals surface area contributed by atoms with E-state index in [0.717, 1.165) is 51.4 Å². The Labute approximate surface area is 235 Å². The fraction of sp³-hybridized carbons (Fsp3) is 0.273. The number of hydrogen-bond donors (Lipinski definition) is 1. The van der Waals surface area contributed by atoms with Crippen molar-refractivity contribution in [2.24, 2.45) is 5.73 Å². The van der Waals surface area contributed by atoms with Crippen molar-refractivity contribution in [2.45, 2.75) is 59.5 Å². The number of carbonyl (C=O) groups excluding carboxylic acids is 1.